The topological polar surface area (TPSA) is 94.9 Å². The molecule has 3 aromatic heterocycles. The van der Waals surface area contributed by atoms with Crippen LogP contribution in [0.5, 0.6) is 0 Å². The third-order valence-electron chi connectivity index (χ3n) is 5.01. The molecule has 3 heterocycles. The van der Waals surface area contributed by atoms with Crippen molar-refractivity contribution >= 4 is 33.7 Å². The Kier molecular flexibility index (Phi) is 4.46. The van der Waals surface area contributed by atoms with E-state index in [2.05, 4.69) is 21.6 Å². The summed E-state index contributed by atoms with van der Waals surface area (Å²) in [6.07, 6.45) is 3.63. The minimum atomic E-state index is 0.0250. The standard InChI is InChI=1S/C20H23N7O/c1-4-25(13(3)28)12-17-24-18-19(26(17)5-2)15-8-7-14(27-10-6-9-22-27)11-16(15)23-20(18)21/h6-11H,4-5,12H2,1-3H3,(H2,21,23). The molecule has 0 bridgehead atoms. The van der Waals surface area contributed by atoms with Gasteiger partial charge in [-0.1, -0.05) is 0 Å². The highest BCUT2D eigenvalue weighted by molar-refractivity contribution is 6.07. The van der Waals surface area contributed by atoms with Crippen LogP contribution in [0.3, 0.4) is 0 Å². The number of aryl methyl sites for hydroxylation is 1. The molecule has 2 N–H and O–H groups in total. The van der Waals surface area contributed by atoms with E-state index in [4.69, 9.17) is 10.7 Å². The summed E-state index contributed by atoms with van der Waals surface area (Å²) in [7, 11) is 0. The molecule has 1 amide bonds. The van der Waals surface area contributed by atoms with E-state index in [9.17, 15) is 4.79 Å². The largest absolute Gasteiger partial charge is 0.382 e. The number of nitrogens with zero attached hydrogens (tertiary/aromatic N) is 6. The number of imidazole rings is 1. The van der Waals surface area contributed by atoms with E-state index in [0.717, 1.165) is 34.5 Å². The molecule has 0 aliphatic carbocycles. The Morgan fingerprint density at radius 2 is 2.07 bits per heavy atom. The number of fused-ring (bicyclic) bond motifs is 3. The highest BCUT2D eigenvalue weighted by Gasteiger charge is 2.19. The molecular weight excluding hydrogens is 354 g/mol. The van der Waals surface area contributed by atoms with E-state index in [-0.39, 0.29) is 5.91 Å². The van der Waals surface area contributed by atoms with Crippen molar-refractivity contribution in [2.45, 2.75) is 33.9 Å². The maximum Gasteiger partial charge on any atom is 0.219 e. The van der Waals surface area contributed by atoms with Crippen molar-refractivity contribution in [2.75, 3.05) is 12.3 Å². The Labute approximate surface area is 162 Å². The number of nitrogens with two attached hydrogens (primary N) is 1. The van der Waals surface area contributed by atoms with Gasteiger partial charge in [-0.3, -0.25) is 4.79 Å². The van der Waals surface area contributed by atoms with Crippen LogP contribution >= 0.6 is 0 Å². The number of rotatable bonds is 5. The van der Waals surface area contributed by atoms with Crippen LogP contribution in [0.2, 0.25) is 0 Å². The zero-order valence-corrected chi connectivity index (χ0v) is 16.3. The summed E-state index contributed by atoms with van der Waals surface area (Å²) in [6, 6.07) is 7.88. The van der Waals surface area contributed by atoms with Crippen molar-refractivity contribution in [3.8, 4) is 5.69 Å². The zero-order chi connectivity index (χ0) is 19.8. The highest BCUT2D eigenvalue weighted by atomic mass is 16.2. The summed E-state index contributed by atoms with van der Waals surface area (Å²) >= 11 is 0. The molecule has 0 fully saturated rings. The number of carbonyl (C=O) groups excluding carboxylic acids is 1. The van der Waals surface area contributed by atoms with E-state index < -0.39 is 0 Å². The summed E-state index contributed by atoms with van der Waals surface area (Å²) in [4.78, 5) is 22.9. The Bertz CT molecular complexity index is 1160. The number of anilines is 1. The molecule has 144 valence electrons. The number of hydrogen-bond donors (Lipinski definition) is 1. The van der Waals surface area contributed by atoms with Crippen molar-refractivity contribution in [3.63, 3.8) is 0 Å². The van der Waals surface area contributed by atoms with Gasteiger partial charge in [0.15, 0.2) is 5.82 Å². The number of hydrogen-bond acceptors (Lipinski definition) is 5. The Hall–Kier alpha value is -3.42. The second-order valence-electron chi connectivity index (χ2n) is 6.65. The molecule has 8 heteroatoms. The maximum atomic E-state index is 11.9. The van der Waals surface area contributed by atoms with Gasteiger partial charge in [0.25, 0.3) is 0 Å². The number of benzene rings is 1. The van der Waals surface area contributed by atoms with Crippen molar-refractivity contribution in [3.05, 3.63) is 42.5 Å². The monoisotopic (exact) mass is 377 g/mol. The lowest BCUT2D eigenvalue weighted by atomic mass is 10.1. The van der Waals surface area contributed by atoms with Gasteiger partial charge in [-0.2, -0.15) is 5.10 Å². The van der Waals surface area contributed by atoms with Crippen molar-refractivity contribution in [1.82, 2.24) is 29.2 Å². The Morgan fingerprint density at radius 1 is 1.25 bits per heavy atom. The quantitative estimate of drug-likeness (QED) is 0.577. The van der Waals surface area contributed by atoms with Crippen LogP contribution in [0.25, 0.3) is 27.6 Å². The van der Waals surface area contributed by atoms with Gasteiger partial charge in [0.1, 0.15) is 11.3 Å². The Morgan fingerprint density at radius 3 is 2.71 bits per heavy atom. The van der Waals surface area contributed by atoms with Crippen molar-refractivity contribution in [2.24, 2.45) is 0 Å². The highest BCUT2D eigenvalue weighted by Crippen LogP contribution is 2.30. The molecule has 4 rings (SSSR count). The van der Waals surface area contributed by atoms with Crippen LogP contribution in [-0.2, 0) is 17.9 Å². The van der Waals surface area contributed by atoms with Gasteiger partial charge in [0.2, 0.25) is 5.91 Å². The summed E-state index contributed by atoms with van der Waals surface area (Å²) in [6.45, 7) is 7.40. The predicted molar refractivity (Wildman–Crippen MR) is 109 cm³/mol. The Balaban J connectivity index is 1.92. The average Bonchev–Trinajstić information content (AvgIpc) is 3.33. The van der Waals surface area contributed by atoms with Gasteiger partial charge in [-0.25, -0.2) is 14.6 Å². The smallest absolute Gasteiger partial charge is 0.219 e. The molecule has 0 saturated carbocycles. The van der Waals surface area contributed by atoms with Gasteiger partial charge < -0.3 is 15.2 Å². The van der Waals surface area contributed by atoms with Crippen molar-refractivity contribution < 1.29 is 4.79 Å². The zero-order valence-electron chi connectivity index (χ0n) is 16.3. The molecule has 8 nitrogen and oxygen atoms in total. The maximum absolute atomic E-state index is 11.9. The lowest BCUT2D eigenvalue weighted by Crippen LogP contribution is -2.29. The molecule has 0 aliphatic rings. The molecule has 0 saturated heterocycles. The average molecular weight is 377 g/mol. The van der Waals surface area contributed by atoms with Crippen LogP contribution < -0.4 is 5.73 Å². The van der Waals surface area contributed by atoms with Crippen LogP contribution in [0.15, 0.2) is 36.7 Å². The van der Waals surface area contributed by atoms with E-state index in [1.165, 1.54) is 0 Å². The molecule has 0 radical (unpaired) electrons. The van der Waals surface area contributed by atoms with Gasteiger partial charge >= 0.3 is 0 Å². The number of pyridine rings is 1. The molecular formula is C20H23N7O. The van der Waals surface area contributed by atoms with Crippen LogP contribution in [0.1, 0.15) is 26.6 Å². The lowest BCUT2D eigenvalue weighted by Gasteiger charge is -2.19. The van der Waals surface area contributed by atoms with Crippen LogP contribution in [-0.4, -0.2) is 41.7 Å². The second kappa shape index (κ2) is 6.95. The molecule has 0 unspecified atom stereocenters. The molecule has 0 aliphatic heterocycles. The summed E-state index contributed by atoms with van der Waals surface area (Å²) in [5.41, 5.74) is 9.60. The predicted octanol–water partition coefficient (Wildman–Crippen LogP) is 2.74. The number of nitrogen functional groups attached to an aromatic ring is 1. The van der Waals surface area contributed by atoms with Crippen LogP contribution in [0.4, 0.5) is 5.82 Å². The SMILES string of the molecule is CCN(Cc1nc2c(N)nc3cc(-n4cccn4)ccc3c2n1CC)C(C)=O. The minimum Gasteiger partial charge on any atom is -0.382 e. The fourth-order valence-electron chi connectivity index (χ4n) is 3.59. The molecule has 4 aromatic rings. The third kappa shape index (κ3) is 2.87. The first-order valence-electron chi connectivity index (χ1n) is 9.37. The van der Waals surface area contributed by atoms with Gasteiger partial charge in [0.05, 0.1) is 23.3 Å². The van der Waals surface area contributed by atoms with Gasteiger partial charge in [-0.05, 0) is 38.1 Å². The van der Waals surface area contributed by atoms with E-state index in [1.54, 1.807) is 22.7 Å². The van der Waals surface area contributed by atoms with Gasteiger partial charge in [-0.15, -0.1) is 0 Å². The van der Waals surface area contributed by atoms with Gasteiger partial charge in [0, 0.05) is 37.8 Å². The lowest BCUT2D eigenvalue weighted by molar-refractivity contribution is -0.129. The van der Waals surface area contributed by atoms with E-state index in [0.29, 0.717) is 24.4 Å². The first-order valence-corrected chi connectivity index (χ1v) is 9.37. The van der Waals surface area contributed by atoms with E-state index in [1.807, 2.05) is 37.4 Å². The molecule has 28 heavy (non-hydrogen) atoms. The fraction of sp³-hybridized carbons (Fsp3) is 0.300. The second-order valence-corrected chi connectivity index (χ2v) is 6.65. The molecule has 0 spiro atoms. The van der Waals surface area contributed by atoms with Crippen LogP contribution in [0, 0.1) is 0 Å². The fourth-order valence-corrected chi connectivity index (χ4v) is 3.59. The van der Waals surface area contributed by atoms with Crippen molar-refractivity contribution in [1.29, 1.82) is 0 Å². The molecule has 0 atom stereocenters. The summed E-state index contributed by atoms with van der Waals surface area (Å²) in [5, 5.41) is 5.26. The first-order chi connectivity index (χ1) is 13.5. The summed E-state index contributed by atoms with van der Waals surface area (Å²) < 4.78 is 3.91. The number of aromatic nitrogens is 5. The number of carbonyl (C=O) groups is 1. The minimum absolute atomic E-state index is 0.0250. The third-order valence-corrected chi connectivity index (χ3v) is 5.01. The number of amides is 1. The normalized spacial score (nSPS) is 11.4. The first kappa shape index (κ1) is 18.0. The van der Waals surface area contributed by atoms with E-state index >= 15 is 0 Å². The molecule has 1 aromatic carbocycles. The summed E-state index contributed by atoms with van der Waals surface area (Å²) in [5.74, 6) is 1.23.